The number of nitrogens with zero attached hydrogens (tertiary/aromatic N) is 2. The number of rotatable bonds is 3. The first-order valence-corrected chi connectivity index (χ1v) is 9.55. The van der Waals surface area contributed by atoms with Crippen LogP contribution in [0.25, 0.3) is 10.2 Å². The minimum Gasteiger partial charge on any atom is -0.281 e. The Morgan fingerprint density at radius 2 is 2.14 bits per heavy atom. The number of hydrogen-bond donors (Lipinski definition) is 2. The lowest BCUT2D eigenvalue weighted by atomic mass is 10.1. The van der Waals surface area contributed by atoms with Gasteiger partial charge in [-0.2, -0.15) is 0 Å². The Kier molecular flexibility index (Phi) is 3.73. The van der Waals surface area contributed by atoms with E-state index in [0.29, 0.717) is 5.82 Å². The van der Waals surface area contributed by atoms with Crippen LogP contribution in [0.5, 0.6) is 0 Å². The standard InChI is InChI=1S/C14H12N4OS3/c19-14(11-8-1-4-20-10(8)3-6-21-11)18-17-13-12-9(2-5-22-12)15-7-16-13/h1-2,4-5,7,11H,3,6H2,(H,18,19)(H,15,16,17)/t11-/m0/s1. The molecule has 1 amide bonds. The van der Waals surface area contributed by atoms with Gasteiger partial charge in [0, 0.05) is 4.88 Å². The van der Waals surface area contributed by atoms with Crippen LogP contribution in [0.1, 0.15) is 15.7 Å². The molecular formula is C14H12N4OS3. The second-order valence-electron chi connectivity index (χ2n) is 4.77. The Morgan fingerprint density at radius 1 is 1.23 bits per heavy atom. The third-order valence-corrected chi connectivity index (χ3v) is 6.61. The maximum atomic E-state index is 12.5. The number of carbonyl (C=O) groups excluding carboxylic acids is 1. The molecule has 22 heavy (non-hydrogen) atoms. The van der Waals surface area contributed by atoms with Crippen molar-refractivity contribution in [2.75, 3.05) is 11.2 Å². The highest BCUT2D eigenvalue weighted by atomic mass is 32.2. The summed E-state index contributed by atoms with van der Waals surface area (Å²) < 4.78 is 0.940. The molecule has 3 aromatic heterocycles. The largest absolute Gasteiger partial charge is 0.281 e. The van der Waals surface area contributed by atoms with Crippen molar-refractivity contribution in [2.24, 2.45) is 0 Å². The molecule has 4 heterocycles. The van der Waals surface area contributed by atoms with Crippen LogP contribution in [-0.2, 0) is 11.2 Å². The van der Waals surface area contributed by atoms with E-state index < -0.39 is 0 Å². The third kappa shape index (κ3) is 2.47. The zero-order valence-corrected chi connectivity index (χ0v) is 13.9. The van der Waals surface area contributed by atoms with Crippen molar-refractivity contribution in [3.63, 3.8) is 0 Å². The van der Waals surface area contributed by atoms with Crippen LogP contribution in [-0.4, -0.2) is 21.6 Å². The molecule has 0 unspecified atom stereocenters. The lowest BCUT2D eigenvalue weighted by Gasteiger charge is -2.21. The molecule has 1 aliphatic heterocycles. The van der Waals surface area contributed by atoms with Gasteiger partial charge in [0.1, 0.15) is 11.6 Å². The number of nitrogens with one attached hydrogen (secondary N) is 2. The molecule has 0 aliphatic carbocycles. The molecule has 8 heteroatoms. The van der Waals surface area contributed by atoms with Crippen LogP contribution >= 0.6 is 34.4 Å². The number of fused-ring (bicyclic) bond motifs is 2. The van der Waals surface area contributed by atoms with E-state index in [9.17, 15) is 4.79 Å². The fourth-order valence-corrected chi connectivity index (χ4v) is 5.51. The van der Waals surface area contributed by atoms with Crippen LogP contribution < -0.4 is 10.9 Å². The number of anilines is 1. The van der Waals surface area contributed by atoms with Crippen LogP contribution in [0, 0.1) is 0 Å². The molecule has 0 radical (unpaired) electrons. The van der Waals surface area contributed by atoms with Gasteiger partial charge in [-0.05, 0) is 40.6 Å². The first-order chi connectivity index (χ1) is 10.8. The summed E-state index contributed by atoms with van der Waals surface area (Å²) >= 11 is 4.96. The average Bonchev–Trinajstić information content (AvgIpc) is 3.20. The van der Waals surface area contributed by atoms with E-state index in [1.54, 1.807) is 34.4 Å². The summed E-state index contributed by atoms with van der Waals surface area (Å²) in [6.07, 6.45) is 2.55. The lowest BCUT2D eigenvalue weighted by molar-refractivity contribution is -0.120. The molecule has 0 saturated heterocycles. The molecule has 1 aliphatic rings. The SMILES string of the molecule is O=C(NNc1ncnc2ccsc12)[C@H]1SCCc2sccc21. The van der Waals surface area contributed by atoms with Gasteiger partial charge in [-0.1, -0.05) is 0 Å². The molecule has 112 valence electrons. The predicted octanol–water partition coefficient (Wildman–Crippen LogP) is 3.23. The van der Waals surface area contributed by atoms with E-state index in [-0.39, 0.29) is 11.2 Å². The number of thiophene rings is 2. The van der Waals surface area contributed by atoms with E-state index in [1.807, 2.05) is 11.4 Å². The normalized spacial score (nSPS) is 17.2. The van der Waals surface area contributed by atoms with Crippen LogP contribution in [0.2, 0.25) is 0 Å². The van der Waals surface area contributed by atoms with Crippen LogP contribution in [0.3, 0.4) is 0 Å². The Balaban J connectivity index is 1.51. The first-order valence-electron chi connectivity index (χ1n) is 6.75. The number of amides is 1. The van der Waals surface area contributed by atoms with Gasteiger partial charge in [0.25, 0.3) is 5.91 Å². The number of thioether (sulfide) groups is 1. The van der Waals surface area contributed by atoms with E-state index in [2.05, 4.69) is 32.3 Å². The summed E-state index contributed by atoms with van der Waals surface area (Å²) in [5.41, 5.74) is 7.76. The lowest BCUT2D eigenvalue weighted by Crippen LogP contribution is -2.34. The van der Waals surface area contributed by atoms with Crippen molar-refractivity contribution in [3.05, 3.63) is 39.7 Å². The number of aryl methyl sites for hydroxylation is 1. The van der Waals surface area contributed by atoms with Crippen molar-refractivity contribution in [2.45, 2.75) is 11.7 Å². The Hall–Kier alpha value is -1.64. The Labute approximate surface area is 139 Å². The van der Waals surface area contributed by atoms with E-state index in [1.165, 1.54) is 11.2 Å². The molecule has 2 N–H and O–H groups in total. The van der Waals surface area contributed by atoms with Crippen molar-refractivity contribution in [3.8, 4) is 0 Å². The molecule has 3 aromatic rings. The molecule has 4 rings (SSSR count). The Bertz CT molecular complexity index is 828. The zero-order chi connectivity index (χ0) is 14.9. The van der Waals surface area contributed by atoms with Crippen LogP contribution in [0.15, 0.2) is 29.2 Å². The Morgan fingerprint density at radius 3 is 3.09 bits per heavy atom. The maximum Gasteiger partial charge on any atom is 0.255 e. The highest BCUT2D eigenvalue weighted by molar-refractivity contribution is 8.00. The molecule has 0 bridgehead atoms. The average molecular weight is 348 g/mol. The first kappa shape index (κ1) is 14.0. The van der Waals surface area contributed by atoms with E-state index in [0.717, 1.165) is 28.0 Å². The number of aromatic nitrogens is 2. The molecule has 0 saturated carbocycles. The van der Waals surface area contributed by atoms with Crippen molar-refractivity contribution >= 4 is 56.4 Å². The number of carbonyl (C=O) groups is 1. The van der Waals surface area contributed by atoms with Gasteiger partial charge in [-0.15, -0.1) is 34.4 Å². The van der Waals surface area contributed by atoms with E-state index >= 15 is 0 Å². The fraction of sp³-hybridized carbons (Fsp3) is 0.214. The summed E-state index contributed by atoms with van der Waals surface area (Å²) in [5, 5.41) is 3.87. The van der Waals surface area contributed by atoms with Gasteiger partial charge in [-0.3, -0.25) is 15.6 Å². The molecular weight excluding hydrogens is 336 g/mol. The van der Waals surface area contributed by atoms with Crippen molar-refractivity contribution < 1.29 is 4.79 Å². The second-order valence-corrected chi connectivity index (χ2v) is 7.90. The summed E-state index contributed by atoms with van der Waals surface area (Å²) in [6.45, 7) is 0. The van der Waals surface area contributed by atoms with Gasteiger partial charge in [0.15, 0.2) is 5.82 Å². The summed E-state index contributed by atoms with van der Waals surface area (Å²) in [7, 11) is 0. The van der Waals surface area contributed by atoms with Gasteiger partial charge in [0.2, 0.25) is 0 Å². The number of hydrazine groups is 1. The maximum absolute atomic E-state index is 12.5. The smallest absolute Gasteiger partial charge is 0.255 e. The minimum absolute atomic E-state index is 0.0346. The summed E-state index contributed by atoms with van der Waals surface area (Å²) in [6, 6.07) is 3.99. The highest BCUT2D eigenvalue weighted by Crippen LogP contribution is 2.39. The summed E-state index contributed by atoms with van der Waals surface area (Å²) in [5.74, 6) is 1.58. The van der Waals surface area contributed by atoms with Crippen LogP contribution in [0.4, 0.5) is 5.82 Å². The molecule has 0 fully saturated rings. The monoisotopic (exact) mass is 348 g/mol. The minimum atomic E-state index is -0.150. The van der Waals surface area contributed by atoms with E-state index in [4.69, 9.17) is 0 Å². The van der Waals surface area contributed by atoms with Gasteiger partial charge >= 0.3 is 0 Å². The van der Waals surface area contributed by atoms with Gasteiger partial charge < -0.3 is 0 Å². The predicted molar refractivity (Wildman–Crippen MR) is 92.4 cm³/mol. The molecule has 1 atom stereocenters. The zero-order valence-electron chi connectivity index (χ0n) is 11.4. The highest BCUT2D eigenvalue weighted by Gasteiger charge is 2.28. The van der Waals surface area contributed by atoms with Crippen molar-refractivity contribution in [1.82, 2.24) is 15.4 Å². The fourth-order valence-electron chi connectivity index (χ4n) is 2.43. The topological polar surface area (TPSA) is 66.9 Å². The molecule has 5 nitrogen and oxygen atoms in total. The van der Waals surface area contributed by atoms with Gasteiger partial charge in [0.05, 0.1) is 10.2 Å². The molecule has 0 spiro atoms. The molecule has 0 aromatic carbocycles. The van der Waals surface area contributed by atoms with Crippen molar-refractivity contribution in [1.29, 1.82) is 0 Å². The summed E-state index contributed by atoms with van der Waals surface area (Å²) in [4.78, 5) is 22.2. The third-order valence-electron chi connectivity index (χ3n) is 3.46. The number of hydrogen-bond acceptors (Lipinski definition) is 7. The quantitative estimate of drug-likeness (QED) is 0.712. The second kappa shape index (κ2) is 5.86. The van der Waals surface area contributed by atoms with Gasteiger partial charge in [-0.25, -0.2) is 9.97 Å².